The highest BCUT2D eigenvalue weighted by atomic mass is 32.2. The fourth-order valence-electron chi connectivity index (χ4n) is 1.52. The summed E-state index contributed by atoms with van der Waals surface area (Å²) in [6, 6.07) is 12.9. The standard InChI is InChI=1S/C10H6S/c1-3-7-4-2-6-9-10(7)8(5-1)11-9/h1-6H. The van der Waals surface area contributed by atoms with Gasteiger partial charge in [0.15, 0.2) is 0 Å². The SMILES string of the molecule is c1cc2c3c(cccc3c1)S2. The van der Waals surface area contributed by atoms with Gasteiger partial charge in [-0.15, -0.1) is 0 Å². The molecule has 52 valence electrons. The average Bonchev–Trinajstić information content (AvgIpc) is 2.01. The van der Waals surface area contributed by atoms with Crippen LogP contribution in [0.25, 0.3) is 10.8 Å². The minimum atomic E-state index is 1.37. The largest absolute Gasteiger partial charge is 0.0887 e. The highest BCUT2D eigenvalue weighted by Gasteiger charge is 2.15. The van der Waals surface area contributed by atoms with Crippen molar-refractivity contribution in [3.8, 4) is 0 Å². The van der Waals surface area contributed by atoms with Gasteiger partial charge < -0.3 is 0 Å². The molecule has 0 amide bonds. The number of hydrogen-bond donors (Lipinski definition) is 0. The molecular weight excluding hydrogens is 152 g/mol. The molecule has 2 aromatic carbocycles. The monoisotopic (exact) mass is 158 g/mol. The number of rotatable bonds is 0. The Kier molecular flexibility index (Phi) is 0.928. The predicted octanol–water partition coefficient (Wildman–Crippen LogP) is 3.30. The molecule has 1 heteroatoms. The van der Waals surface area contributed by atoms with Crippen LogP contribution in [0.15, 0.2) is 46.2 Å². The van der Waals surface area contributed by atoms with Crippen LogP contribution in [0.5, 0.6) is 0 Å². The maximum Gasteiger partial charge on any atom is 0.0212 e. The smallest absolute Gasteiger partial charge is 0.0212 e. The molecule has 0 aliphatic carbocycles. The van der Waals surface area contributed by atoms with Gasteiger partial charge in [0.25, 0.3) is 0 Å². The summed E-state index contributed by atoms with van der Waals surface area (Å²) in [7, 11) is 0. The molecule has 0 bridgehead atoms. The van der Waals surface area contributed by atoms with Crippen LogP contribution in [0.1, 0.15) is 0 Å². The van der Waals surface area contributed by atoms with E-state index in [4.69, 9.17) is 0 Å². The Morgan fingerprint density at radius 2 is 1.45 bits per heavy atom. The van der Waals surface area contributed by atoms with Crippen LogP contribution in [0.2, 0.25) is 0 Å². The summed E-state index contributed by atoms with van der Waals surface area (Å²) in [6.07, 6.45) is 0. The molecular formula is C10H6S. The second-order valence-electron chi connectivity index (χ2n) is 2.71. The van der Waals surface area contributed by atoms with E-state index in [1.54, 1.807) is 0 Å². The van der Waals surface area contributed by atoms with Crippen molar-refractivity contribution in [3.63, 3.8) is 0 Å². The highest BCUT2D eigenvalue weighted by molar-refractivity contribution is 8.01. The van der Waals surface area contributed by atoms with Crippen molar-refractivity contribution in [2.75, 3.05) is 0 Å². The topological polar surface area (TPSA) is 0 Å². The normalized spacial score (nSPS) is 13.1. The predicted molar refractivity (Wildman–Crippen MR) is 48.1 cm³/mol. The Hall–Kier alpha value is -0.950. The van der Waals surface area contributed by atoms with Crippen LogP contribution in [0.4, 0.5) is 0 Å². The molecule has 1 heterocycles. The number of benzene rings is 2. The van der Waals surface area contributed by atoms with Gasteiger partial charge >= 0.3 is 0 Å². The Balaban J connectivity index is 2.61. The van der Waals surface area contributed by atoms with Crippen LogP contribution in [-0.2, 0) is 0 Å². The van der Waals surface area contributed by atoms with Crippen molar-refractivity contribution in [2.24, 2.45) is 0 Å². The lowest BCUT2D eigenvalue weighted by molar-refractivity contribution is 1.38. The molecule has 0 N–H and O–H groups in total. The van der Waals surface area contributed by atoms with E-state index in [1.165, 1.54) is 20.6 Å². The zero-order valence-corrected chi connectivity index (χ0v) is 6.69. The molecule has 0 fully saturated rings. The van der Waals surface area contributed by atoms with Gasteiger partial charge in [-0.05, 0) is 17.5 Å². The Labute approximate surface area is 69.2 Å². The van der Waals surface area contributed by atoms with E-state index < -0.39 is 0 Å². The van der Waals surface area contributed by atoms with Gasteiger partial charge in [0.2, 0.25) is 0 Å². The number of hydrogen-bond acceptors (Lipinski definition) is 1. The molecule has 11 heavy (non-hydrogen) atoms. The maximum absolute atomic E-state index is 2.18. The molecule has 0 nitrogen and oxygen atoms in total. The average molecular weight is 158 g/mol. The van der Waals surface area contributed by atoms with E-state index in [0.717, 1.165) is 0 Å². The lowest BCUT2D eigenvalue weighted by atomic mass is 10.1. The lowest BCUT2D eigenvalue weighted by Gasteiger charge is -2.18. The first-order valence-electron chi connectivity index (χ1n) is 3.65. The summed E-state index contributed by atoms with van der Waals surface area (Å²) in [4.78, 5) is 2.86. The van der Waals surface area contributed by atoms with Crippen molar-refractivity contribution in [3.05, 3.63) is 36.4 Å². The van der Waals surface area contributed by atoms with Crippen LogP contribution in [0, 0.1) is 0 Å². The summed E-state index contributed by atoms with van der Waals surface area (Å²) >= 11 is 1.87. The molecule has 0 aromatic heterocycles. The molecule has 0 spiro atoms. The van der Waals surface area contributed by atoms with Crippen molar-refractivity contribution in [2.45, 2.75) is 9.79 Å². The van der Waals surface area contributed by atoms with Crippen LogP contribution >= 0.6 is 11.8 Å². The second kappa shape index (κ2) is 1.80. The Bertz CT molecular complexity index is 395. The van der Waals surface area contributed by atoms with Crippen LogP contribution in [-0.4, -0.2) is 0 Å². The Morgan fingerprint density at radius 3 is 2.00 bits per heavy atom. The first-order chi connectivity index (χ1) is 5.45. The molecule has 0 saturated heterocycles. The van der Waals surface area contributed by atoms with Crippen molar-refractivity contribution in [1.82, 2.24) is 0 Å². The summed E-state index contributed by atoms with van der Waals surface area (Å²) in [5, 5.41) is 2.83. The van der Waals surface area contributed by atoms with Gasteiger partial charge in [-0.25, -0.2) is 0 Å². The molecule has 0 unspecified atom stereocenters. The quantitative estimate of drug-likeness (QED) is 0.483. The van der Waals surface area contributed by atoms with Gasteiger partial charge in [-0.3, -0.25) is 0 Å². The van der Waals surface area contributed by atoms with Gasteiger partial charge in [-0.2, -0.15) is 0 Å². The van der Waals surface area contributed by atoms with Gasteiger partial charge in [0, 0.05) is 15.2 Å². The fraction of sp³-hybridized carbons (Fsp3) is 0. The minimum absolute atomic E-state index is 1.37. The molecule has 3 rings (SSSR count). The first-order valence-corrected chi connectivity index (χ1v) is 4.46. The summed E-state index contributed by atoms with van der Waals surface area (Å²) in [5.74, 6) is 0. The van der Waals surface area contributed by atoms with E-state index in [0.29, 0.717) is 0 Å². The first kappa shape index (κ1) is 5.67. The third kappa shape index (κ3) is 0.615. The molecule has 1 aliphatic heterocycles. The third-order valence-corrected chi connectivity index (χ3v) is 3.17. The van der Waals surface area contributed by atoms with E-state index in [9.17, 15) is 0 Å². The maximum atomic E-state index is 2.18. The van der Waals surface area contributed by atoms with Crippen LogP contribution in [0.3, 0.4) is 0 Å². The summed E-state index contributed by atoms with van der Waals surface area (Å²) in [6.45, 7) is 0. The van der Waals surface area contributed by atoms with Crippen molar-refractivity contribution in [1.29, 1.82) is 0 Å². The van der Waals surface area contributed by atoms with Gasteiger partial charge in [0.1, 0.15) is 0 Å². The van der Waals surface area contributed by atoms with Crippen LogP contribution < -0.4 is 0 Å². The summed E-state index contributed by atoms with van der Waals surface area (Å²) < 4.78 is 0. The van der Waals surface area contributed by atoms with Crippen molar-refractivity contribution < 1.29 is 0 Å². The molecule has 0 radical (unpaired) electrons. The lowest BCUT2D eigenvalue weighted by Crippen LogP contribution is -1.88. The molecule has 0 saturated carbocycles. The van der Waals surface area contributed by atoms with Gasteiger partial charge in [0.05, 0.1) is 0 Å². The van der Waals surface area contributed by atoms with Gasteiger partial charge in [-0.1, -0.05) is 36.0 Å². The minimum Gasteiger partial charge on any atom is -0.0887 e. The van der Waals surface area contributed by atoms with E-state index in [1.807, 2.05) is 11.8 Å². The van der Waals surface area contributed by atoms with E-state index in [2.05, 4.69) is 36.4 Å². The molecule has 0 atom stereocenters. The third-order valence-electron chi connectivity index (χ3n) is 2.05. The molecule has 1 aliphatic rings. The van der Waals surface area contributed by atoms with E-state index >= 15 is 0 Å². The molecule has 2 aromatic rings. The highest BCUT2D eigenvalue weighted by Crippen LogP contribution is 2.47. The second-order valence-corrected chi connectivity index (χ2v) is 3.80. The van der Waals surface area contributed by atoms with E-state index in [-0.39, 0.29) is 0 Å². The zero-order valence-electron chi connectivity index (χ0n) is 5.87. The fourth-order valence-corrected chi connectivity index (χ4v) is 2.55. The zero-order chi connectivity index (χ0) is 7.26. The Morgan fingerprint density at radius 1 is 0.818 bits per heavy atom. The van der Waals surface area contributed by atoms with Crippen molar-refractivity contribution >= 4 is 22.5 Å². The summed E-state index contributed by atoms with van der Waals surface area (Å²) in [5.41, 5.74) is 0.